The SMILES string of the molecule is CC1(C)CC1CNS(=O)(=O)c1ccc(F)cc1C#CCN. The number of benzene rings is 1. The van der Waals surface area contributed by atoms with Crippen molar-refractivity contribution in [1.82, 2.24) is 4.72 Å². The number of sulfonamides is 1. The third kappa shape index (κ3) is 3.82. The molecule has 1 atom stereocenters. The summed E-state index contributed by atoms with van der Waals surface area (Å²) in [5.74, 6) is 4.97. The molecule has 0 radical (unpaired) electrons. The predicted octanol–water partition coefficient (Wildman–Crippen LogP) is 1.46. The fourth-order valence-corrected chi connectivity index (χ4v) is 3.42. The molecule has 0 aliphatic heterocycles. The molecule has 0 saturated heterocycles. The van der Waals surface area contributed by atoms with Crippen molar-refractivity contribution < 1.29 is 12.8 Å². The van der Waals surface area contributed by atoms with Crippen LogP contribution in [0.5, 0.6) is 0 Å². The first kappa shape index (κ1) is 16.0. The highest BCUT2D eigenvalue weighted by Crippen LogP contribution is 2.51. The smallest absolute Gasteiger partial charge is 0.241 e. The highest BCUT2D eigenvalue weighted by atomic mass is 32.2. The van der Waals surface area contributed by atoms with Crippen LogP contribution in [0.1, 0.15) is 25.8 Å². The summed E-state index contributed by atoms with van der Waals surface area (Å²) in [4.78, 5) is -0.0108. The van der Waals surface area contributed by atoms with Gasteiger partial charge < -0.3 is 5.73 Å². The normalized spacial score (nSPS) is 19.7. The van der Waals surface area contributed by atoms with E-state index in [-0.39, 0.29) is 22.4 Å². The van der Waals surface area contributed by atoms with Crippen LogP contribution in [0.3, 0.4) is 0 Å². The molecule has 0 aromatic heterocycles. The van der Waals surface area contributed by atoms with E-state index in [1.54, 1.807) is 0 Å². The van der Waals surface area contributed by atoms with Crippen molar-refractivity contribution in [3.63, 3.8) is 0 Å². The molecule has 6 heteroatoms. The zero-order valence-corrected chi connectivity index (χ0v) is 12.9. The maximum Gasteiger partial charge on any atom is 0.241 e. The molecule has 1 fully saturated rings. The number of rotatable bonds is 4. The quantitative estimate of drug-likeness (QED) is 0.827. The van der Waals surface area contributed by atoms with E-state index in [0.29, 0.717) is 12.5 Å². The largest absolute Gasteiger partial charge is 0.320 e. The van der Waals surface area contributed by atoms with Gasteiger partial charge in [0.2, 0.25) is 10.0 Å². The Morgan fingerprint density at radius 3 is 2.71 bits per heavy atom. The zero-order valence-electron chi connectivity index (χ0n) is 12.1. The van der Waals surface area contributed by atoms with Gasteiger partial charge >= 0.3 is 0 Å². The molecule has 0 amide bonds. The van der Waals surface area contributed by atoms with Crippen molar-refractivity contribution in [3.05, 3.63) is 29.6 Å². The fourth-order valence-electron chi connectivity index (χ4n) is 2.19. The zero-order chi connectivity index (χ0) is 15.7. The van der Waals surface area contributed by atoms with Crippen LogP contribution >= 0.6 is 0 Å². The summed E-state index contributed by atoms with van der Waals surface area (Å²) in [5.41, 5.74) is 5.59. The molecule has 1 saturated carbocycles. The standard InChI is InChI=1S/C15H19FN2O2S/c1-15(2)9-12(15)10-18-21(19,20)14-6-5-13(16)8-11(14)4-3-7-17/h5-6,8,12,18H,7,9-10,17H2,1-2H3. The molecule has 1 unspecified atom stereocenters. The van der Waals surface area contributed by atoms with E-state index in [4.69, 9.17) is 5.73 Å². The van der Waals surface area contributed by atoms with Crippen molar-refractivity contribution >= 4 is 10.0 Å². The second kappa shape index (κ2) is 5.76. The van der Waals surface area contributed by atoms with E-state index < -0.39 is 15.8 Å². The minimum Gasteiger partial charge on any atom is -0.320 e. The van der Waals surface area contributed by atoms with Crippen LogP contribution in [0.15, 0.2) is 23.1 Å². The van der Waals surface area contributed by atoms with E-state index in [2.05, 4.69) is 30.4 Å². The summed E-state index contributed by atoms with van der Waals surface area (Å²) >= 11 is 0. The number of hydrogen-bond acceptors (Lipinski definition) is 3. The van der Waals surface area contributed by atoms with Crippen LogP contribution < -0.4 is 10.5 Å². The summed E-state index contributed by atoms with van der Waals surface area (Å²) in [6.07, 6.45) is 0.999. The molecule has 1 aromatic carbocycles. The molecular weight excluding hydrogens is 291 g/mol. The number of halogens is 1. The van der Waals surface area contributed by atoms with E-state index in [1.165, 1.54) is 6.07 Å². The number of nitrogens with one attached hydrogen (secondary N) is 1. The Kier molecular flexibility index (Phi) is 4.38. The third-order valence-electron chi connectivity index (χ3n) is 3.79. The first-order chi connectivity index (χ1) is 9.76. The topological polar surface area (TPSA) is 72.2 Å². The summed E-state index contributed by atoms with van der Waals surface area (Å²) in [7, 11) is -3.70. The third-order valence-corrected chi connectivity index (χ3v) is 5.28. The molecule has 1 aliphatic rings. The fraction of sp³-hybridized carbons (Fsp3) is 0.467. The lowest BCUT2D eigenvalue weighted by Gasteiger charge is -2.09. The molecule has 3 N–H and O–H groups in total. The average Bonchev–Trinajstić information content (AvgIpc) is 3.01. The number of hydrogen-bond donors (Lipinski definition) is 2. The first-order valence-corrected chi connectivity index (χ1v) is 8.23. The first-order valence-electron chi connectivity index (χ1n) is 6.74. The average molecular weight is 310 g/mol. The predicted molar refractivity (Wildman–Crippen MR) is 79.4 cm³/mol. The van der Waals surface area contributed by atoms with Crippen molar-refractivity contribution in [2.45, 2.75) is 25.2 Å². The lowest BCUT2D eigenvalue weighted by molar-refractivity contribution is 0.537. The van der Waals surface area contributed by atoms with Gasteiger partial charge in [-0.1, -0.05) is 25.7 Å². The molecule has 114 valence electrons. The van der Waals surface area contributed by atoms with E-state index in [1.807, 2.05) is 0 Å². The molecule has 2 rings (SSSR count). The van der Waals surface area contributed by atoms with Gasteiger partial charge in [-0.15, -0.1) is 0 Å². The molecule has 0 heterocycles. The minimum absolute atomic E-state index is 0.0108. The van der Waals surface area contributed by atoms with Gasteiger partial charge in [0.1, 0.15) is 5.82 Å². The summed E-state index contributed by atoms with van der Waals surface area (Å²) < 4.78 is 40.5. The second-order valence-electron chi connectivity index (χ2n) is 5.89. The Morgan fingerprint density at radius 1 is 1.48 bits per heavy atom. The van der Waals surface area contributed by atoms with Gasteiger partial charge in [0.15, 0.2) is 0 Å². The Bertz CT molecular complexity index is 702. The van der Waals surface area contributed by atoms with Crippen molar-refractivity contribution in [2.24, 2.45) is 17.1 Å². The second-order valence-corrected chi connectivity index (χ2v) is 7.62. The van der Waals surface area contributed by atoms with Gasteiger partial charge in [0.05, 0.1) is 11.4 Å². The summed E-state index contributed by atoms with van der Waals surface area (Å²) in [5, 5.41) is 0. The van der Waals surface area contributed by atoms with Crippen LogP contribution in [-0.2, 0) is 10.0 Å². The highest BCUT2D eigenvalue weighted by Gasteiger charge is 2.45. The van der Waals surface area contributed by atoms with Crippen LogP contribution in [0.4, 0.5) is 4.39 Å². The Morgan fingerprint density at radius 2 is 2.14 bits per heavy atom. The maximum atomic E-state index is 13.3. The van der Waals surface area contributed by atoms with Crippen LogP contribution in [0, 0.1) is 29.0 Å². The van der Waals surface area contributed by atoms with Crippen molar-refractivity contribution in [3.8, 4) is 11.8 Å². The van der Waals surface area contributed by atoms with Crippen molar-refractivity contribution in [2.75, 3.05) is 13.1 Å². The molecule has 1 aromatic rings. The summed E-state index contributed by atoms with van der Waals surface area (Å²) in [6.45, 7) is 4.67. The van der Waals surface area contributed by atoms with Gasteiger partial charge in [-0.3, -0.25) is 0 Å². The molecule has 4 nitrogen and oxygen atoms in total. The van der Waals surface area contributed by atoms with Crippen LogP contribution in [0.25, 0.3) is 0 Å². The highest BCUT2D eigenvalue weighted by molar-refractivity contribution is 7.89. The Balaban J connectivity index is 2.23. The Labute approximate surface area is 125 Å². The van der Waals surface area contributed by atoms with Crippen LogP contribution in [0.2, 0.25) is 0 Å². The van der Waals surface area contributed by atoms with Gasteiger partial charge in [-0.2, -0.15) is 0 Å². The Hall–Kier alpha value is -1.42. The van der Waals surface area contributed by atoms with Crippen molar-refractivity contribution in [1.29, 1.82) is 0 Å². The number of nitrogens with two attached hydrogens (primary N) is 1. The molecular formula is C15H19FN2O2S. The van der Waals surface area contributed by atoms with Gasteiger partial charge in [-0.05, 0) is 36.0 Å². The molecule has 1 aliphatic carbocycles. The van der Waals surface area contributed by atoms with E-state index in [0.717, 1.165) is 18.6 Å². The minimum atomic E-state index is -3.70. The van der Waals surface area contributed by atoms with Gasteiger partial charge in [-0.25, -0.2) is 17.5 Å². The maximum absolute atomic E-state index is 13.3. The lowest BCUT2D eigenvalue weighted by Crippen LogP contribution is -2.27. The van der Waals surface area contributed by atoms with Crippen LogP contribution in [-0.4, -0.2) is 21.5 Å². The molecule has 0 bridgehead atoms. The van der Waals surface area contributed by atoms with Gasteiger partial charge in [0.25, 0.3) is 0 Å². The van der Waals surface area contributed by atoms with Gasteiger partial charge in [0, 0.05) is 12.1 Å². The molecule has 21 heavy (non-hydrogen) atoms. The van der Waals surface area contributed by atoms with E-state index >= 15 is 0 Å². The molecule has 0 spiro atoms. The summed E-state index contributed by atoms with van der Waals surface area (Å²) in [6, 6.07) is 3.46. The van der Waals surface area contributed by atoms with E-state index in [9.17, 15) is 12.8 Å². The monoisotopic (exact) mass is 310 g/mol. The lowest BCUT2D eigenvalue weighted by atomic mass is 10.1.